The molecule has 1 aromatic carbocycles. The molecule has 15 N–H and O–H groups in total. The minimum Gasteiger partial charge on any atom is -0.508 e. The Morgan fingerprint density at radius 3 is 1.79 bits per heavy atom. The van der Waals surface area contributed by atoms with Gasteiger partial charge in [-0.05, 0) is 94.2 Å². The minimum atomic E-state index is -1.66. The van der Waals surface area contributed by atoms with Gasteiger partial charge >= 0.3 is 0 Å². The molecule has 0 spiro atoms. The van der Waals surface area contributed by atoms with E-state index in [0.717, 1.165) is 0 Å². The number of likely N-dealkylation sites (tertiary alicyclic amines) is 1. The summed E-state index contributed by atoms with van der Waals surface area (Å²) in [7, 11) is 0. The summed E-state index contributed by atoms with van der Waals surface area (Å²) in [5.41, 5.74) is 11.4. The van der Waals surface area contributed by atoms with Crippen molar-refractivity contribution in [2.75, 3.05) is 26.2 Å². The number of benzene rings is 1. The van der Waals surface area contributed by atoms with Crippen molar-refractivity contribution in [1.29, 1.82) is 0 Å². The second-order valence-corrected chi connectivity index (χ2v) is 20.3. The molecule has 0 bridgehead atoms. The quantitative estimate of drug-likeness (QED) is 0.0225. The van der Waals surface area contributed by atoms with Crippen molar-refractivity contribution in [2.45, 2.75) is 168 Å². The first kappa shape index (κ1) is 62.2. The van der Waals surface area contributed by atoms with Crippen LogP contribution in [0.2, 0.25) is 0 Å². The molecule has 0 aromatic heterocycles. The molecule has 25 heteroatoms. The predicted molar refractivity (Wildman–Crippen MR) is 276 cm³/mol. The van der Waals surface area contributed by atoms with Gasteiger partial charge in [-0.15, -0.1) is 0 Å². The maximum atomic E-state index is 14.1. The van der Waals surface area contributed by atoms with Gasteiger partial charge in [0.2, 0.25) is 59.1 Å². The summed E-state index contributed by atoms with van der Waals surface area (Å²) in [6.07, 6.45) is 1.81. The summed E-state index contributed by atoms with van der Waals surface area (Å²) in [5.74, 6) is -7.58. The van der Waals surface area contributed by atoms with Crippen molar-refractivity contribution in [3.63, 3.8) is 0 Å². The van der Waals surface area contributed by atoms with E-state index in [0.29, 0.717) is 31.5 Å². The number of nitrogens with zero attached hydrogens (tertiary/aromatic N) is 2. The van der Waals surface area contributed by atoms with Crippen LogP contribution in [-0.2, 0) is 54.4 Å². The van der Waals surface area contributed by atoms with Gasteiger partial charge in [0.1, 0.15) is 60.1 Å². The number of nitrogens with one attached hydrogen (secondary N) is 9. The molecule has 418 valence electrons. The molecule has 10 amide bonds. The fourth-order valence-electron chi connectivity index (χ4n) is 8.59. The molecule has 2 saturated heterocycles. The molecule has 0 unspecified atom stereocenters. The zero-order valence-electron chi connectivity index (χ0n) is 44.5. The molecule has 2 fully saturated rings. The highest BCUT2D eigenvalue weighted by atomic mass is 16.3. The summed E-state index contributed by atoms with van der Waals surface area (Å²) in [4.78, 5) is 140. The molecule has 2 aliphatic rings. The van der Waals surface area contributed by atoms with E-state index in [9.17, 15) is 58.2 Å². The lowest BCUT2D eigenvalue weighted by atomic mass is 9.99. The van der Waals surface area contributed by atoms with Crippen molar-refractivity contribution in [3.8, 4) is 5.75 Å². The monoisotopic (exact) mass is 1060 g/mol. The average Bonchev–Trinajstić information content (AvgIpc) is 4.02. The van der Waals surface area contributed by atoms with Gasteiger partial charge in [0.05, 0.1) is 6.61 Å². The third kappa shape index (κ3) is 20.3. The van der Waals surface area contributed by atoms with Crippen molar-refractivity contribution < 1.29 is 58.2 Å². The Hall–Kier alpha value is -7.05. The number of nitrogens with two attached hydrogens (primary N) is 2. The highest BCUT2D eigenvalue weighted by molar-refractivity contribution is 5.99. The van der Waals surface area contributed by atoms with Crippen LogP contribution < -0.4 is 59.3 Å². The van der Waals surface area contributed by atoms with Gasteiger partial charge < -0.3 is 74.4 Å². The number of guanidine groups is 1. The van der Waals surface area contributed by atoms with Crippen LogP contribution in [0.5, 0.6) is 5.75 Å². The van der Waals surface area contributed by atoms with Crippen molar-refractivity contribution in [1.82, 2.24) is 52.8 Å². The highest BCUT2D eigenvalue weighted by Crippen LogP contribution is 2.21. The first-order valence-corrected chi connectivity index (χ1v) is 25.8. The first-order valence-electron chi connectivity index (χ1n) is 25.8. The number of hydrogen-bond donors (Lipinski definition) is 13. The van der Waals surface area contributed by atoms with E-state index in [-0.39, 0.29) is 86.8 Å². The third-order valence-corrected chi connectivity index (χ3v) is 12.6. The number of amides is 10. The average molecular weight is 1060 g/mol. The van der Waals surface area contributed by atoms with E-state index in [4.69, 9.17) is 11.5 Å². The van der Waals surface area contributed by atoms with E-state index >= 15 is 0 Å². The van der Waals surface area contributed by atoms with Crippen molar-refractivity contribution in [3.05, 3.63) is 29.8 Å². The van der Waals surface area contributed by atoms with Gasteiger partial charge in [-0.2, -0.15) is 0 Å². The molecular weight excluding hydrogens is 975 g/mol. The number of aliphatic hydroxyl groups excluding tert-OH is 1. The lowest BCUT2D eigenvalue weighted by molar-refractivity contribution is -0.142. The number of aliphatic hydroxyl groups is 1. The van der Waals surface area contributed by atoms with Crippen LogP contribution in [0.25, 0.3) is 0 Å². The number of rotatable bonds is 29. The van der Waals surface area contributed by atoms with E-state index in [1.54, 1.807) is 34.6 Å². The van der Waals surface area contributed by atoms with Crippen LogP contribution in [0.4, 0.5) is 0 Å². The van der Waals surface area contributed by atoms with Crippen LogP contribution in [0.1, 0.15) is 112 Å². The molecule has 2 heterocycles. The van der Waals surface area contributed by atoms with Gasteiger partial charge in [-0.3, -0.25) is 52.9 Å². The van der Waals surface area contributed by atoms with Crippen molar-refractivity contribution >= 4 is 65.0 Å². The molecule has 9 atom stereocenters. The van der Waals surface area contributed by atoms with E-state index in [2.05, 4.69) is 52.8 Å². The Balaban J connectivity index is 1.80. The van der Waals surface area contributed by atoms with Crippen LogP contribution in [0, 0.1) is 17.8 Å². The molecule has 75 heavy (non-hydrogen) atoms. The smallest absolute Gasteiger partial charge is 0.245 e. The lowest BCUT2D eigenvalue weighted by Crippen LogP contribution is -2.61. The second kappa shape index (κ2) is 30.4. The summed E-state index contributed by atoms with van der Waals surface area (Å²) in [6, 6.07) is -4.96. The van der Waals surface area contributed by atoms with Gasteiger partial charge in [0.25, 0.3) is 0 Å². The number of aromatic hydroxyl groups is 1. The number of carbonyl (C=O) groups is 10. The third-order valence-electron chi connectivity index (χ3n) is 12.6. The highest BCUT2D eigenvalue weighted by Gasteiger charge is 2.39. The SMILES string of the molecule is CCNC(=O)[C@@H]1CCCN1C(=O)[C@H](CCCN=C(N)N)NC(=O)[C@H](CC(C)C)NC(=O)[C@@H](C)NC(=O)[C@H](Cc1ccc(O)cc1)NC(=O)[C@H](CO)NC(=O)[C@H](CC(C)C)NC(=O)[C@@H](NC(=O)[C@@H]1CCC(=O)N1)C(C)C. The van der Waals surface area contributed by atoms with Gasteiger partial charge in [0, 0.05) is 32.5 Å². The van der Waals surface area contributed by atoms with Crippen LogP contribution in [-0.4, -0.2) is 161 Å². The number of aliphatic imine (C=N–C) groups is 1. The molecule has 0 radical (unpaired) electrons. The molecule has 3 rings (SSSR count). The molecule has 2 aliphatic heterocycles. The molecule has 1 aromatic rings. The minimum absolute atomic E-state index is 0.0779. The fourth-order valence-corrected chi connectivity index (χ4v) is 8.59. The van der Waals surface area contributed by atoms with Crippen LogP contribution in [0.15, 0.2) is 29.3 Å². The second-order valence-electron chi connectivity index (χ2n) is 20.3. The normalized spacial score (nSPS) is 18.0. The Kier molecular flexibility index (Phi) is 25.2. The summed E-state index contributed by atoms with van der Waals surface area (Å²) < 4.78 is 0. The zero-order valence-corrected chi connectivity index (χ0v) is 44.5. The summed E-state index contributed by atoms with van der Waals surface area (Å²) >= 11 is 0. The molecule has 0 saturated carbocycles. The number of carbonyl (C=O) groups excluding carboxylic acids is 10. The Morgan fingerprint density at radius 1 is 0.707 bits per heavy atom. The number of hydrogen-bond acceptors (Lipinski definition) is 13. The number of likely N-dealkylation sites (N-methyl/N-ethyl adjacent to an activating group) is 1. The Bertz CT molecular complexity index is 2190. The summed E-state index contributed by atoms with van der Waals surface area (Å²) in [5, 5.41) is 44.0. The zero-order chi connectivity index (χ0) is 56.1. The van der Waals surface area contributed by atoms with E-state index < -0.39 is 114 Å². The van der Waals surface area contributed by atoms with E-state index in [1.807, 2.05) is 13.8 Å². The first-order chi connectivity index (χ1) is 35.3. The van der Waals surface area contributed by atoms with Crippen LogP contribution in [0.3, 0.4) is 0 Å². The largest absolute Gasteiger partial charge is 0.508 e. The maximum absolute atomic E-state index is 14.1. The number of phenolic OH excluding ortho intramolecular Hbond substituents is 1. The molecule has 0 aliphatic carbocycles. The van der Waals surface area contributed by atoms with Gasteiger partial charge in [-0.25, -0.2) is 0 Å². The molecule has 25 nitrogen and oxygen atoms in total. The Labute approximate surface area is 438 Å². The standard InChI is InChI=1S/C50H81N13O12/c1-9-53-47(73)38-13-11-21-63(38)49(75)33(12-10-20-54-50(51)52)57-44(70)34(22-26(2)3)58-41(67)29(8)55-43(69)36(24-30-14-16-31(65)17-15-30)59-46(72)37(25-64)61-45(71)35(23-27(4)5)60-48(74)40(28(6)7)62-42(68)32-18-19-39(66)56-32/h14-17,26-29,32-38,40,64-65H,9-13,18-25H2,1-8H3,(H,53,73)(H,55,69)(H,56,66)(H,57,70)(H,58,67)(H,59,72)(H,60,74)(H,61,71)(H,62,68)(H4,51,52,54)/t29-,32+,33+,34+,35+,36+,37+,38+,40+/m1/s1. The maximum Gasteiger partial charge on any atom is 0.245 e. The van der Waals surface area contributed by atoms with Gasteiger partial charge in [-0.1, -0.05) is 53.7 Å². The van der Waals surface area contributed by atoms with E-state index in [1.165, 1.54) is 36.1 Å². The Morgan fingerprint density at radius 2 is 1.25 bits per heavy atom. The summed E-state index contributed by atoms with van der Waals surface area (Å²) in [6.45, 7) is 13.6. The van der Waals surface area contributed by atoms with Crippen LogP contribution >= 0.6 is 0 Å². The van der Waals surface area contributed by atoms with Gasteiger partial charge in [0.15, 0.2) is 5.96 Å². The number of phenols is 1. The fraction of sp³-hybridized carbons (Fsp3) is 0.660. The lowest BCUT2D eigenvalue weighted by Gasteiger charge is -2.30. The predicted octanol–water partition coefficient (Wildman–Crippen LogP) is -2.45. The molecular formula is C50H81N13O12. The topological polar surface area (TPSA) is 387 Å². The van der Waals surface area contributed by atoms with Crippen molar-refractivity contribution in [2.24, 2.45) is 34.2 Å².